The monoisotopic (exact) mass is 312 g/mol. The molecule has 0 atom stereocenters. The minimum Gasteiger partial charge on any atom is -0.448 e. The maximum absolute atomic E-state index is 8.91. The third-order valence-corrected chi connectivity index (χ3v) is 4.41. The predicted octanol–water partition coefficient (Wildman–Crippen LogP) is 3.42. The maximum Gasteiger partial charge on any atom is 0.251 e. The lowest BCUT2D eigenvalue weighted by Crippen LogP contribution is -2.34. The molecule has 2 aliphatic rings. The smallest absolute Gasteiger partial charge is 0.251 e. The molecule has 1 heterocycles. The molecule has 4 heteroatoms. The number of fused-ring (bicyclic) bond motifs is 1. The molecule has 1 aliphatic heterocycles. The van der Waals surface area contributed by atoms with Crippen LogP contribution in [0.15, 0.2) is 16.6 Å². The zero-order valence-electron chi connectivity index (χ0n) is 10.2. The van der Waals surface area contributed by atoms with E-state index in [1.54, 1.807) is 0 Å². The number of benzene rings is 1. The number of rotatable bonds is 3. The molecule has 1 saturated carbocycles. The van der Waals surface area contributed by atoms with Crippen molar-refractivity contribution in [1.29, 1.82) is 0 Å². The molecule has 1 aromatic carbocycles. The lowest BCUT2D eigenvalue weighted by Gasteiger charge is -2.21. The van der Waals surface area contributed by atoms with Gasteiger partial charge in [0.1, 0.15) is 0 Å². The first-order valence-electron chi connectivity index (χ1n) is 6.54. The van der Waals surface area contributed by atoms with Crippen LogP contribution in [0.3, 0.4) is 0 Å². The molecule has 0 unspecified atom stereocenters. The van der Waals surface area contributed by atoms with Crippen LogP contribution in [0.5, 0.6) is 11.5 Å². The van der Waals surface area contributed by atoms with Crippen LogP contribution in [0.4, 0.5) is 0 Å². The van der Waals surface area contributed by atoms with Gasteiger partial charge in [-0.3, -0.25) is 0 Å². The highest BCUT2D eigenvalue weighted by Crippen LogP contribution is 2.48. The number of hydrogen-bond acceptors (Lipinski definition) is 3. The first-order valence-corrected chi connectivity index (χ1v) is 7.33. The van der Waals surface area contributed by atoms with Crippen LogP contribution in [0, 0.1) is 0 Å². The van der Waals surface area contributed by atoms with Crippen LogP contribution >= 0.6 is 15.9 Å². The van der Waals surface area contributed by atoms with E-state index in [1.165, 1.54) is 18.4 Å². The van der Waals surface area contributed by atoms with Gasteiger partial charge in [-0.25, -0.2) is 0 Å². The van der Waals surface area contributed by atoms with Crippen molar-refractivity contribution in [1.82, 2.24) is 0 Å². The van der Waals surface area contributed by atoms with E-state index in [0.29, 0.717) is 0 Å². The fourth-order valence-electron chi connectivity index (χ4n) is 2.74. The first-order chi connectivity index (χ1) is 8.72. The second-order valence-electron chi connectivity index (χ2n) is 5.04. The van der Waals surface area contributed by atoms with Gasteiger partial charge in [0.05, 0.1) is 0 Å². The summed E-state index contributed by atoms with van der Waals surface area (Å²) in [7, 11) is 0. The molecule has 18 heavy (non-hydrogen) atoms. The van der Waals surface area contributed by atoms with E-state index in [2.05, 4.69) is 15.9 Å². The lowest BCUT2D eigenvalue weighted by atomic mass is 10.1. The van der Waals surface area contributed by atoms with Gasteiger partial charge in [0.2, 0.25) is 0 Å². The molecule has 0 bridgehead atoms. The minimum atomic E-state index is -0.391. The Bertz CT molecular complexity index is 453. The van der Waals surface area contributed by atoms with Gasteiger partial charge in [0.15, 0.2) is 11.5 Å². The number of aryl methyl sites for hydroxylation is 1. The molecule has 1 N–H and O–H groups in total. The van der Waals surface area contributed by atoms with E-state index in [4.69, 9.17) is 14.6 Å². The van der Waals surface area contributed by atoms with Crippen molar-refractivity contribution in [3.8, 4) is 11.5 Å². The zero-order valence-corrected chi connectivity index (χ0v) is 11.8. The Labute approximate surface area is 115 Å². The first kappa shape index (κ1) is 12.3. The van der Waals surface area contributed by atoms with E-state index >= 15 is 0 Å². The van der Waals surface area contributed by atoms with Crippen molar-refractivity contribution in [3.63, 3.8) is 0 Å². The quantitative estimate of drug-likeness (QED) is 0.929. The summed E-state index contributed by atoms with van der Waals surface area (Å²) in [6, 6.07) is 4.04. The number of aliphatic hydroxyl groups is 1. The van der Waals surface area contributed by atoms with Gasteiger partial charge in [-0.2, -0.15) is 0 Å². The van der Waals surface area contributed by atoms with Crippen LogP contribution in [0.1, 0.15) is 37.7 Å². The molecule has 1 fully saturated rings. The van der Waals surface area contributed by atoms with E-state index < -0.39 is 5.79 Å². The van der Waals surface area contributed by atoms with Gasteiger partial charge >= 0.3 is 0 Å². The Morgan fingerprint density at radius 2 is 1.83 bits per heavy atom. The molecule has 1 spiro atoms. The second kappa shape index (κ2) is 4.74. The van der Waals surface area contributed by atoms with Gasteiger partial charge in [-0.1, -0.05) is 15.9 Å². The summed E-state index contributed by atoms with van der Waals surface area (Å²) < 4.78 is 13.1. The van der Waals surface area contributed by atoms with Gasteiger partial charge in [-0.15, -0.1) is 0 Å². The highest BCUT2D eigenvalue weighted by Gasteiger charge is 2.44. The van der Waals surface area contributed by atoms with E-state index in [1.807, 2.05) is 12.1 Å². The predicted molar refractivity (Wildman–Crippen MR) is 72.0 cm³/mol. The Balaban J connectivity index is 1.85. The molecule has 0 radical (unpaired) electrons. The molecule has 3 rings (SSSR count). The van der Waals surface area contributed by atoms with E-state index in [-0.39, 0.29) is 6.61 Å². The molecular formula is C14H17BrO3. The highest BCUT2D eigenvalue weighted by atomic mass is 79.9. The standard InChI is InChI=1S/C14H17BrO3/c15-11-9-13-12(8-10(11)4-3-7-16)17-14(18-13)5-1-2-6-14/h8-9,16H,1-7H2. The Hall–Kier alpha value is -0.740. The number of aliphatic hydroxyl groups excluding tert-OH is 1. The highest BCUT2D eigenvalue weighted by molar-refractivity contribution is 9.10. The SMILES string of the molecule is OCCCc1cc2c(cc1Br)OC1(CCCC1)O2. The summed E-state index contributed by atoms with van der Waals surface area (Å²) in [5, 5.41) is 8.91. The molecule has 1 aliphatic carbocycles. The largest absolute Gasteiger partial charge is 0.448 e. The third kappa shape index (κ3) is 2.12. The molecular weight excluding hydrogens is 296 g/mol. The third-order valence-electron chi connectivity index (χ3n) is 3.67. The Morgan fingerprint density at radius 1 is 1.17 bits per heavy atom. The second-order valence-corrected chi connectivity index (χ2v) is 5.89. The van der Waals surface area contributed by atoms with Crippen molar-refractivity contribution >= 4 is 15.9 Å². The fraction of sp³-hybridized carbons (Fsp3) is 0.571. The summed E-state index contributed by atoms with van der Waals surface area (Å²) in [4.78, 5) is 0. The molecule has 1 aromatic rings. The van der Waals surface area contributed by atoms with Crippen molar-refractivity contribution < 1.29 is 14.6 Å². The molecule has 0 aromatic heterocycles. The minimum absolute atomic E-state index is 0.213. The Kier molecular flexibility index (Phi) is 3.24. The number of halogens is 1. The molecule has 0 amide bonds. The van der Waals surface area contributed by atoms with Crippen LogP contribution in [-0.2, 0) is 6.42 Å². The van der Waals surface area contributed by atoms with Crippen molar-refractivity contribution in [2.45, 2.75) is 44.3 Å². The van der Waals surface area contributed by atoms with Crippen molar-refractivity contribution in [2.24, 2.45) is 0 Å². The summed E-state index contributed by atoms with van der Waals surface area (Å²) in [6.45, 7) is 0.213. The zero-order chi connectivity index (χ0) is 12.6. The summed E-state index contributed by atoms with van der Waals surface area (Å²) in [5.41, 5.74) is 1.17. The number of hydrogen-bond donors (Lipinski definition) is 1. The fourth-order valence-corrected chi connectivity index (χ4v) is 3.26. The summed E-state index contributed by atoms with van der Waals surface area (Å²) in [5.74, 6) is 1.31. The van der Waals surface area contributed by atoms with E-state index in [9.17, 15) is 0 Å². The Morgan fingerprint density at radius 3 is 2.50 bits per heavy atom. The van der Waals surface area contributed by atoms with Crippen LogP contribution in [0.2, 0.25) is 0 Å². The van der Waals surface area contributed by atoms with Gasteiger partial charge in [0.25, 0.3) is 5.79 Å². The van der Waals surface area contributed by atoms with E-state index in [0.717, 1.165) is 41.7 Å². The van der Waals surface area contributed by atoms with Gasteiger partial charge in [0, 0.05) is 23.9 Å². The average Bonchev–Trinajstić information content (AvgIpc) is 2.93. The van der Waals surface area contributed by atoms with Crippen molar-refractivity contribution in [2.75, 3.05) is 6.61 Å². The van der Waals surface area contributed by atoms with Crippen LogP contribution < -0.4 is 9.47 Å². The topological polar surface area (TPSA) is 38.7 Å². The van der Waals surface area contributed by atoms with Crippen LogP contribution in [-0.4, -0.2) is 17.5 Å². The summed E-state index contributed by atoms with van der Waals surface area (Å²) >= 11 is 3.56. The molecule has 98 valence electrons. The van der Waals surface area contributed by atoms with Gasteiger partial charge < -0.3 is 14.6 Å². The summed E-state index contributed by atoms with van der Waals surface area (Å²) in [6.07, 6.45) is 5.92. The average molecular weight is 313 g/mol. The lowest BCUT2D eigenvalue weighted by molar-refractivity contribution is -0.0716. The van der Waals surface area contributed by atoms with Crippen molar-refractivity contribution in [3.05, 3.63) is 22.2 Å². The normalized spacial score (nSPS) is 19.7. The number of ether oxygens (including phenoxy) is 2. The maximum atomic E-state index is 8.91. The molecule has 0 saturated heterocycles. The molecule has 3 nitrogen and oxygen atoms in total. The van der Waals surface area contributed by atoms with Gasteiger partial charge in [-0.05, 0) is 43.4 Å². The van der Waals surface area contributed by atoms with Crippen LogP contribution in [0.25, 0.3) is 0 Å².